The first kappa shape index (κ1) is 20.9. The summed E-state index contributed by atoms with van der Waals surface area (Å²) in [5.74, 6) is -1.77. The van der Waals surface area contributed by atoms with Crippen LogP contribution in [0.1, 0.15) is 13.8 Å². The van der Waals surface area contributed by atoms with Gasteiger partial charge < -0.3 is 14.6 Å². The van der Waals surface area contributed by atoms with E-state index in [1.807, 2.05) is 0 Å². The molecule has 11 heteroatoms. The topological polar surface area (TPSA) is 128 Å². The van der Waals surface area contributed by atoms with Crippen molar-refractivity contribution in [3.8, 4) is 0 Å². The van der Waals surface area contributed by atoms with Gasteiger partial charge in [-0.05, 0) is 30.2 Å². The molecule has 1 aromatic heterocycles. The first-order valence-corrected chi connectivity index (χ1v) is 9.70. The highest BCUT2D eigenvalue weighted by Gasteiger charge is 2.30. The van der Waals surface area contributed by atoms with Gasteiger partial charge in [-0.1, -0.05) is 30.6 Å². The Morgan fingerprint density at radius 2 is 1.89 bits per heavy atom. The van der Waals surface area contributed by atoms with Crippen molar-refractivity contribution in [3.63, 3.8) is 0 Å². The summed E-state index contributed by atoms with van der Waals surface area (Å²) >= 11 is 5.75. The van der Waals surface area contributed by atoms with Gasteiger partial charge in [0, 0.05) is 11.1 Å². The maximum Gasteiger partial charge on any atom is 0.324 e. The van der Waals surface area contributed by atoms with E-state index < -0.39 is 40.5 Å². The van der Waals surface area contributed by atoms with Crippen LogP contribution >= 0.6 is 11.6 Å². The molecule has 9 nitrogen and oxygen atoms in total. The molecule has 0 fully saturated rings. The van der Waals surface area contributed by atoms with E-state index in [9.17, 15) is 18.0 Å². The molecule has 1 amide bonds. The fourth-order valence-electron chi connectivity index (χ4n) is 1.99. The van der Waals surface area contributed by atoms with Crippen molar-refractivity contribution in [1.82, 2.24) is 9.88 Å². The second kappa shape index (κ2) is 8.98. The largest absolute Gasteiger partial charge is 0.454 e. The number of anilines is 1. The van der Waals surface area contributed by atoms with E-state index in [4.69, 9.17) is 16.3 Å². The van der Waals surface area contributed by atoms with E-state index in [1.165, 1.54) is 36.6 Å². The molecular formula is C16H18ClN3O6S. The molecule has 1 heterocycles. The molecule has 1 aromatic carbocycles. The van der Waals surface area contributed by atoms with Crippen LogP contribution in [0.3, 0.4) is 0 Å². The van der Waals surface area contributed by atoms with Crippen molar-refractivity contribution < 1.29 is 27.3 Å². The number of hydrogen-bond donors (Lipinski definition) is 2. The Kier molecular flexibility index (Phi) is 6.94. The average Bonchev–Trinajstić information content (AvgIpc) is 3.10. The summed E-state index contributed by atoms with van der Waals surface area (Å²) in [5, 5.41) is 6.22. The number of halogens is 1. The third-order valence-electron chi connectivity index (χ3n) is 3.38. The summed E-state index contributed by atoms with van der Waals surface area (Å²) in [7, 11) is -3.98. The molecule has 0 saturated heterocycles. The van der Waals surface area contributed by atoms with Crippen LogP contribution in [0.5, 0.6) is 0 Å². The number of carbonyl (C=O) groups excluding carboxylic acids is 2. The van der Waals surface area contributed by atoms with Gasteiger partial charge in [0.25, 0.3) is 5.91 Å². The SMILES string of the molecule is CC(C)[C@H](NS(=O)(=O)c1ccc(Cl)cc1)C(=O)OCC(=O)Nc1ccon1. The van der Waals surface area contributed by atoms with Crippen molar-refractivity contribution in [1.29, 1.82) is 0 Å². The van der Waals surface area contributed by atoms with Gasteiger partial charge in [0.15, 0.2) is 12.4 Å². The highest BCUT2D eigenvalue weighted by atomic mass is 35.5. The molecule has 0 bridgehead atoms. The number of ether oxygens (including phenoxy) is 1. The molecular weight excluding hydrogens is 398 g/mol. The van der Waals surface area contributed by atoms with Crippen molar-refractivity contribution in [2.24, 2.45) is 5.92 Å². The minimum absolute atomic E-state index is 0.0471. The van der Waals surface area contributed by atoms with Crippen molar-refractivity contribution in [3.05, 3.63) is 41.6 Å². The van der Waals surface area contributed by atoms with Crippen LogP contribution in [0.4, 0.5) is 5.82 Å². The Morgan fingerprint density at radius 3 is 2.44 bits per heavy atom. The van der Waals surface area contributed by atoms with Crippen LogP contribution in [0.2, 0.25) is 5.02 Å². The third-order valence-corrected chi connectivity index (χ3v) is 5.09. The van der Waals surface area contributed by atoms with Gasteiger partial charge in [0.2, 0.25) is 10.0 Å². The Bertz CT molecular complexity index is 881. The van der Waals surface area contributed by atoms with Crippen molar-refractivity contribution in [2.75, 3.05) is 11.9 Å². The Morgan fingerprint density at radius 1 is 1.22 bits per heavy atom. The van der Waals surface area contributed by atoms with Crippen LogP contribution < -0.4 is 10.0 Å². The van der Waals surface area contributed by atoms with E-state index in [0.717, 1.165) is 0 Å². The molecule has 1 atom stereocenters. The molecule has 0 spiro atoms. The smallest absolute Gasteiger partial charge is 0.324 e. The number of nitrogens with zero attached hydrogens (tertiary/aromatic N) is 1. The number of aromatic nitrogens is 1. The van der Waals surface area contributed by atoms with E-state index in [0.29, 0.717) is 5.02 Å². The lowest BCUT2D eigenvalue weighted by Gasteiger charge is -2.20. The van der Waals surface area contributed by atoms with Crippen LogP contribution in [0.15, 0.2) is 46.0 Å². The average molecular weight is 416 g/mol. The zero-order valence-electron chi connectivity index (χ0n) is 14.5. The van der Waals surface area contributed by atoms with Crippen LogP contribution in [-0.2, 0) is 24.3 Å². The first-order valence-electron chi connectivity index (χ1n) is 7.84. The second-order valence-electron chi connectivity index (χ2n) is 5.84. The number of nitrogens with one attached hydrogen (secondary N) is 2. The Hall–Kier alpha value is -2.43. The molecule has 27 heavy (non-hydrogen) atoms. The lowest BCUT2D eigenvalue weighted by atomic mass is 10.1. The fourth-order valence-corrected chi connectivity index (χ4v) is 3.45. The summed E-state index contributed by atoms with van der Waals surface area (Å²) < 4.78 is 36.7. The van der Waals surface area contributed by atoms with Crippen LogP contribution in [0, 0.1) is 5.92 Å². The first-order chi connectivity index (χ1) is 12.7. The number of hydrogen-bond acceptors (Lipinski definition) is 7. The minimum atomic E-state index is -3.98. The number of sulfonamides is 1. The van der Waals surface area contributed by atoms with E-state index in [1.54, 1.807) is 13.8 Å². The summed E-state index contributed by atoms with van der Waals surface area (Å²) in [6.45, 7) is 2.69. The van der Waals surface area contributed by atoms with Gasteiger partial charge in [-0.3, -0.25) is 9.59 Å². The predicted octanol–water partition coefficient (Wildman–Crippen LogP) is 1.81. The van der Waals surface area contributed by atoms with Gasteiger partial charge in [-0.15, -0.1) is 0 Å². The number of esters is 1. The summed E-state index contributed by atoms with van der Waals surface area (Å²) in [6, 6.07) is 5.72. The Labute approximate surface area is 161 Å². The monoisotopic (exact) mass is 415 g/mol. The van der Waals surface area contributed by atoms with E-state index in [2.05, 4.69) is 19.7 Å². The lowest BCUT2D eigenvalue weighted by Crippen LogP contribution is -2.45. The van der Waals surface area contributed by atoms with Gasteiger partial charge >= 0.3 is 5.97 Å². The molecule has 0 saturated carbocycles. The minimum Gasteiger partial charge on any atom is -0.454 e. The maximum atomic E-state index is 12.5. The van der Waals surface area contributed by atoms with Gasteiger partial charge in [-0.25, -0.2) is 8.42 Å². The number of benzene rings is 1. The molecule has 0 radical (unpaired) electrons. The van der Waals surface area contributed by atoms with Crippen molar-refractivity contribution >= 4 is 39.3 Å². The molecule has 2 N–H and O–H groups in total. The molecule has 2 aromatic rings. The highest BCUT2D eigenvalue weighted by Crippen LogP contribution is 2.16. The van der Waals surface area contributed by atoms with Gasteiger partial charge in [0.05, 0.1) is 4.90 Å². The van der Waals surface area contributed by atoms with Gasteiger partial charge in [-0.2, -0.15) is 4.72 Å². The zero-order valence-corrected chi connectivity index (χ0v) is 16.1. The number of rotatable bonds is 8. The van der Waals surface area contributed by atoms with Crippen LogP contribution in [0.25, 0.3) is 0 Å². The van der Waals surface area contributed by atoms with Crippen molar-refractivity contribution in [2.45, 2.75) is 24.8 Å². The standard InChI is InChI=1S/C16H18ClN3O6S/c1-10(2)15(20-27(23,24)12-5-3-11(17)4-6-12)16(22)25-9-14(21)18-13-7-8-26-19-13/h3-8,10,15,20H,9H2,1-2H3,(H,18,19,21)/t15-/m0/s1. The molecule has 0 unspecified atom stereocenters. The zero-order chi connectivity index (χ0) is 20.0. The van der Waals surface area contributed by atoms with E-state index >= 15 is 0 Å². The molecule has 0 aliphatic heterocycles. The quantitative estimate of drug-likeness (QED) is 0.629. The second-order valence-corrected chi connectivity index (χ2v) is 7.99. The lowest BCUT2D eigenvalue weighted by molar-refractivity contribution is -0.150. The molecule has 2 rings (SSSR count). The number of amides is 1. The maximum absolute atomic E-state index is 12.5. The normalized spacial score (nSPS) is 12.6. The number of carbonyl (C=O) groups is 2. The molecule has 0 aliphatic rings. The fraction of sp³-hybridized carbons (Fsp3) is 0.312. The summed E-state index contributed by atoms with van der Waals surface area (Å²) in [5.41, 5.74) is 0. The molecule has 146 valence electrons. The van der Waals surface area contributed by atoms with Gasteiger partial charge in [0.1, 0.15) is 12.3 Å². The summed E-state index contributed by atoms with van der Waals surface area (Å²) in [6.07, 6.45) is 1.27. The molecule has 0 aliphatic carbocycles. The van der Waals surface area contributed by atoms with E-state index in [-0.39, 0.29) is 10.7 Å². The van der Waals surface area contributed by atoms with Crippen LogP contribution in [-0.4, -0.2) is 38.1 Å². The third kappa shape index (κ3) is 6.05. The highest BCUT2D eigenvalue weighted by molar-refractivity contribution is 7.89. The predicted molar refractivity (Wildman–Crippen MR) is 96.5 cm³/mol. The summed E-state index contributed by atoms with van der Waals surface area (Å²) in [4.78, 5) is 23.9. The Balaban J connectivity index is 2.00.